The Labute approximate surface area is 139 Å². The summed E-state index contributed by atoms with van der Waals surface area (Å²) in [4.78, 5) is 14.4. The summed E-state index contributed by atoms with van der Waals surface area (Å²) in [6, 6.07) is 6.58. The monoisotopic (exact) mass is 318 g/mol. The molecule has 0 heterocycles. The first-order valence-corrected chi connectivity index (χ1v) is 8.85. The lowest BCUT2D eigenvalue weighted by Crippen LogP contribution is -2.42. The maximum atomic E-state index is 12.6. The average Bonchev–Trinajstić information content (AvgIpc) is 2.61. The first-order valence-electron chi connectivity index (χ1n) is 8.85. The Morgan fingerprint density at radius 3 is 2.48 bits per heavy atom. The van der Waals surface area contributed by atoms with Gasteiger partial charge in [0.2, 0.25) is 0 Å². The first-order chi connectivity index (χ1) is 11.1. The minimum atomic E-state index is -0.0274. The minimum absolute atomic E-state index is 0.0274. The molecule has 23 heavy (non-hydrogen) atoms. The van der Waals surface area contributed by atoms with Gasteiger partial charge in [0.1, 0.15) is 0 Å². The van der Waals surface area contributed by atoms with Crippen molar-refractivity contribution >= 4 is 11.7 Å². The molecule has 1 aliphatic rings. The largest absolute Gasteiger partial charge is 0.396 e. The summed E-state index contributed by atoms with van der Waals surface area (Å²) in [6.45, 7) is 4.50. The van der Waals surface area contributed by atoms with Crippen molar-refractivity contribution in [2.45, 2.75) is 58.4 Å². The fourth-order valence-electron chi connectivity index (χ4n) is 3.35. The summed E-state index contributed by atoms with van der Waals surface area (Å²) in [5.74, 6) is 0.413. The second-order valence-electron chi connectivity index (χ2n) is 6.60. The topological polar surface area (TPSA) is 52.6 Å². The van der Waals surface area contributed by atoms with Gasteiger partial charge in [0.15, 0.2) is 0 Å². The number of amides is 2. The van der Waals surface area contributed by atoms with Crippen molar-refractivity contribution in [1.82, 2.24) is 4.90 Å². The van der Waals surface area contributed by atoms with E-state index in [-0.39, 0.29) is 18.7 Å². The molecule has 1 fully saturated rings. The lowest BCUT2D eigenvalue weighted by molar-refractivity contribution is 0.139. The number of aliphatic hydroxyl groups excluding tert-OH is 1. The number of nitrogens with one attached hydrogen (secondary N) is 1. The summed E-state index contributed by atoms with van der Waals surface area (Å²) in [5, 5.41) is 12.3. The first kappa shape index (κ1) is 17.8. The fourth-order valence-corrected chi connectivity index (χ4v) is 3.35. The quantitative estimate of drug-likeness (QED) is 0.867. The van der Waals surface area contributed by atoms with Crippen LogP contribution in [0.15, 0.2) is 18.2 Å². The summed E-state index contributed by atoms with van der Waals surface area (Å²) >= 11 is 0. The Hall–Kier alpha value is -1.55. The lowest BCUT2D eigenvalue weighted by Gasteiger charge is -2.34. The van der Waals surface area contributed by atoms with Crippen molar-refractivity contribution in [1.29, 1.82) is 0 Å². The van der Waals surface area contributed by atoms with E-state index in [1.807, 2.05) is 11.9 Å². The van der Waals surface area contributed by atoms with Crippen molar-refractivity contribution in [2.24, 2.45) is 5.92 Å². The Morgan fingerprint density at radius 1 is 1.22 bits per heavy atom. The normalized spacial score (nSPS) is 21.0. The number of hydrogen-bond acceptors (Lipinski definition) is 2. The van der Waals surface area contributed by atoms with Crippen molar-refractivity contribution in [3.8, 4) is 0 Å². The third-order valence-corrected chi connectivity index (χ3v) is 5.15. The molecular formula is C19H30N2O2. The molecular weight excluding hydrogens is 288 g/mol. The second kappa shape index (κ2) is 8.34. The minimum Gasteiger partial charge on any atom is -0.396 e. The van der Waals surface area contributed by atoms with Crippen LogP contribution in [0.1, 0.15) is 50.7 Å². The van der Waals surface area contributed by atoms with Gasteiger partial charge in [-0.25, -0.2) is 4.79 Å². The predicted molar refractivity (Wildman–Crippen MR) is 94.8 cm³/mol. The van der Waals surface area contributed by atoms with E-state index in [9.17, 15) is 9.90 Å². The third-order valence-electron chi connectivity index (χ3n) is 5.15. The molecule has 0 saturated heterocycles. The zero-order valence-corrected chi connectivity index (χ0v) is 14.6. The number of hydrogen-bond donors (Lipinski definition) is 2. The molecule has 2 amide bonds. The Bertz CT molecular complexity index is 522. The number of aryl methyl sites for hydroxylation is 2. The molecule has 1 saturated carbocycles. The molecule has 128 valence electrons. The molecule has 0 atom stereocenters. The van der Waals surface area contributed by atoms with Crippen LogP contribution in [-0.4, -0.2) is 35.7 Å². The molecule has 4 nitrogen and oxygen atoms in total. The highest BCUT2D eigenvalue weighted by Crippen LogP contribution is 2.27. The van der Waals surface area contributed by atoms with Gasteiger partial charge in [0.25, 0.3) is 0 Å². The highest BCUT2D eigenvalue weighted by molar-refractivity contribution is 5.90. The van der Waals surface area contributed by atoms with Gasteiger partial charge in [-0.15, -0.1) is 0 Å². The number of aliphatic hydroxyl groups is 1. The van der Waals surface area contributed by atoms with Gasteiger partial charge in [-0.1, -0.05) is 26.0 Å². The van der Waals surface area contributed by atoms with Crippen LogP contribution in [0, 0.1) is 5.92 Å². The van der Waals surface area contributed by atoms with Gasteiger partial charge in [-0.05, 0) is 61.6 Å². The van der Waals surface area contributed by atoms with E-state index < -0.39 is 0 Å². The standard InChI is InChI=1S/C19H30N2O2/c1-4-14-6-9-16(5-2)18(12-14)20-19(23)21(3)17-10-7-15(13-22)8-11-17/h6,9,12,15,17,22H,4-5,7-8,10-11,13H2,1-3H3,(H,20,23). The molecule has 1 aliphatic carbocycles. The Balaban J connectivity index is 2.01. The van der Waals surface area contributed by atoms with Crippen molar-refractivity contribution in [3.63, 3.8) is 0 Å². The van der Waals surface area contributed by atoms with E-state index in [1.165, 1.54) is 11.1 Å². The molecule has 0 bridgehead atoms. The van der Waals surface area contributed by atoms with Crippen LogP contribution in [0.25, 0.3) is 0 Å². The van der Waals surface area contributed by atoms with Crippen molar-refractivity contribution < 1.29 is 9.90 Å². The van der Waals surface area contributed by atoms with Crippen LogP contribution in [0.3, 0.4) is 0 Å². The summed E-state index contributed by atoms with van der Waals surface area (Å²) < 4.78 is 0. The number of carbonyl (C=O) groups excluding carboxylic acids is 1. The van der Waals surface area contributed by atoms with Gasteiger partial charge in [-0.2, -0.15) is 0 Å². The summed E-state index contributed by atoms with van der Waals surface area (Å²) in [6.07, 6.45) is 5.84. The summed E-state index contributed by atoms with van der Waals surface area (Å²) in [5.41, 5.74) is 3.35. The van der Waals surface area contributed by atoms with E-state index in [2.05, 4.69) is 37.4 Å². The van der Waals surface area contributed by atoms with Crippen LogP contribution >= 0.6 is 0 Å². The van der Waals surface area contributed by atoms with Gasteiger partial charge in [0, 0.05) is 25.4 Å². The number of rotatable bonds is 5. The van der Waals surface area contributed by atoms with E-state index in [0.29, 0.717) is 5.92 Å². The second-order valence-corrected chi connectivity index (χ2v) is 6.60. The van der Waals surface area contributed by atoms with Gasteiger partial charge < -0.3 is 15.3 Å². The van der Waals surface area contributed by atoms with E-state index in [4.69, 9.17) is 0 Å². The molecule has 4 heteroatoms. The summed E-state index contributed by atoms with van der Waals surface area (Å²) in [7, 11) is 1.88. The lowest BCUT2D eigenvalue weighted by atomic mass is 9.86. The molecule has 2 rings (SSSR count). The van der Waals surface area contributed by atoms with Crippen LogP contribution < -0.4 is 5.32 Å². The molecule has 0 aliphatic heterocycles. The number of nitrogens with zero attached hydrogens (tertiary/aromatic N) is 1. The zero-order valence-electron chi connectivity index (χ0n) is 14.6. The van der Waals surface area contributed by atoms with Crippen molar-refractivity contribution in [3.05, 3.63) is 29.3 Å². The van der Waals surface area contributed by atoms with Crippen LogP contribution in [0.4, 0.5) is 10.5 Å². The van der Waals surface area contributed by atoms with Crippen LogP contribution in [0.2, 0.25) is 0 Å². The SMILES string of the molecule is CCc1ccc(CC)c(NC(=O)N(C)C2CCC(CO)CC2)c1. The van der Waals surface area contributed by atoms with Gasteiger partial charge in [-0.3, -0.25) is 0 Å². The number of anilines is 1. The van der Waals surface area contributed by atoms with Crippen molar-refractivity contribution in [2.75, 3.05) is 19.0 Å². The number of benzene rings is 1. The molecule has 0 aromatic heterocycles. The third kappa shape index (κ3) is 4.47. The fraction of sp³-hybridized carbons (Fsp3) is 0.632. The van der Waals surface area contributed by atoms with Crippen LogP contribution in [0.5, 0.6) is 0 Å². The Morgan fingerprint density at radius 2 is 1.91 bits per heavy atom. The number of carbonyl (C=O) groups is 1. The maximum absolute atomic E-state index is 12.6. The van der Waals surface area contributed by atoms with Crippen LogP contribution in [-0.2, 0) is 12.8 Å². The molecule has 1 aromatic carbocycles. The smallest absolute Gasteiger partial charge is 0.321 e. The predicted octanol–water partition coefficient (Wildman–Crippen LogP) is 3.83. The highest BCUT2D eigenvalue weighted by Gasteiger charge is 2.26. The van der Waals surface area contributed by atoms with Gasteiger partial charge in [0.05, 0.1) is 0 Å². The zero-order chi connectivity index (χ0) is 16.8. The molecule has 2 N–H and O–H groups in total. The maximum Gasteiger partial charge on any atom is 0.321 e. The molecule has 0 unspecified atom stereocenters. The molecule has 1 aromatic rings. The van der Waals surface area contributed by atoms with E-state index in [0.717, 1.165) is 44.2 Å². The Kier molecular flexibility index (Phi) is 6.46. The highest BCUT2D eigenvalue weighted by atomic mass is 16.3. The molecule has 0 radical (unpaired) electrons. The van der Waals surface area contributed by atoms with Gasteiger partial charge >= 0.3 is 6.03 Å². The average molecular weight is 318 g/mol. The molecule has 0 spiro atoms. The number of urea groups is 1. The van der Waals surface area contributed by atoms with E-state index in [1.54, 1.807) is 0 Å². The van der Waals surface area contributed by atoms with E-state index >= 15 is 0 Å².